The Hall–Kier alpha value is -1.32. The summed E-state index contributed by atoms with van der Waals surface area (Å²) in [6.45, 7) is 4.07. The van der Waals surface area contributed by atoms with Crippen LogP contribution in [-0.4, -0.2) is 57.5 Å². The molecule has 1 heterocycles. The fourth-order valence-corrected chi connectivity index (χ4v) is 2.03. The molecule has 1 aliphatic rings. The Bertz CT molecular complexity index is 515. The van der Waals surface area contributed by atoms with Crippen LogP contribution in [0.15, 0.2) is 0 Å². The minimum absolute atomic E-state index is 0.637. The van der Waals surface area contributed by atoms with Gasteiger partial charge in [-0.3, -0.25) is 14.1 Å². The second-order valence-electron chi connectivity index (χ2n) is 5.67. The van der Waals surface area contributed by atoms with Gasteiger partial charge in [-0.2, -0.15) is 0 Å². The van der Waals surface area contributed by atoms with Gasteiger partial charge in [0, 0.05) is 0 Å². The Kier molecular flexibility index (Phi) is 5.47. The minimum Gasteiger partial charge on any atom is -0.462 e. The minimum atomic E-state index is -5.09. The average Bonchev–Trinajstić information content (AvgIpc) is 2.60. The lowest BCUT2D eigenvalue weighted by atomic mass is 9.97. The van der Waals surface area contributed by atoms with Crippen LogP contribution in [0.4, 0.5) is 0 Å². The molecule has 0 amide bonds. The summed E-state index contributed by atoms with van der Waals surface area (Å²) in [6, 6.07) is 0. The Morgan fingerprint density at radius 3 is 2.36 bits per heavy atom. The lowest BCUT2D eigenvalue weighted by Gasteiger charge is -2.23. The maximum atomic E-state index is 11.6. The van der Waals surface area contributed by atoms with Gasteiger partial charge in [-0.05, 0) is 20.8 Å². The number of ether oxygens (including phenoxy) is 2. The van der Waals surface area contributed by atoms with Crippen molar-refractivity contribution in [1.29, 1.82) is 0 Å². The van der Waals surface area contributed by atoms with Gasteiger partial charge in [0.1, 0.15) is 12.7 Å². The van der Waals surface area contributed by atoms with Crippen LogP contribution >= 0.6 is 7.82 Å². The van der Waals surface area contributed by atoms with E-state index < -0.39 is 55.9 Å². The molecule has 0 bridgehead atoms. The van der Waals surface area contributed by atoms with Crippen molar-refractivity contribution >= 4 is 25.5 Å². The number of hydrogen-bond donors (Lipinski definition) is 3. The van der Waals surface area contributed by atoms with Crippen molar-refractivity contribution in [3.05, 3.63) is 0 Å². The largest absolute Gasteiger partial charge is 0.470 e. The molecule has 0 spiro atoms. The highest BCUT2D eigenvalue weighted by molar-refractivity contribution is 7.46. The third-order valence-corrected chi connectivity index (χ3v) is 3.13. The van der Waals surface area contributed by atoms with Gasteiger partial charge in [-0.1, -0.05) is 0 Å². The lowest BCUT2D eigenvalue weighted by Crippen LogP contribution is -2.42. The van der Waals surface area contributed by atoms with Gasteiger partial charge in [0.05, 0.1) is 5.41 Å². The molecule has 1 saturated heterocycles. The fraction of sp³-hybridized carbons (Fsp3) is 0.727. The van der Waals surface area contributed by atoms with Crippen molar-refractivity contribution in [2.45, 2.75) is 39.1 Å². The zero-order chi connectivity index (χ0) is 17.3. The SMILES string of the molecule is CC(C)(C)C(=O)OC[C@H](O)[C@H]1OC(=O)C(=O)C1OP(=O)(O)O. The van der Waals surface area contributed by atoms with Crippen LogP contribution in [0.5, 0.6) is 0 Å². The first-order valence-corrected chi connectivity index (χ1v) is 7.70. The number of rotatable bonds is 5. The average molecular weight is 340 g/mol. The third-order valence-electron chi connectivity index (χ3n) is 2.63. The number of Topliss-reactive ketones (excluding diaryl/α,β-unsaturated/α-hetero) is 1. The maximum absolute atomic E-state index is 11.6. The summed E-state index contributed by atoms with van der Waals surface area (Å²) < 4.78 is 24.3. The Balaban J connectivity index is 2.75. The predicted octanol–water partition coefficient (Wildman–Crippen LogP) is -1.09. The van der Waals surface area contributed by atoms with Gasteiger partial charge < -0.3 is 24.4 Å². The van der Waals surface area contributed by atoms with Gasteiger partial charge in [0.15, 0.2) is 12.2 Å². The number of hydrogen-bond acceptors (Lipinski definition) is 8. The summed E-state index contributed by atoms with van der Waals surface area (Å²) in [6.07, 6.45) is -5.34. The summed E-state index contributed by atoms with van der Waals surface area (Å²) in [5.41, 5.74) is -0.844. The molecule has 10 nitrogen and oxygen atoms in total. The van der Waals surface area contributed by atoms with E-state index in [1.165, 1.54) is 0 Å². The molecule has 0 aliphatic carbocycles. The van der Waals surface area contributed by atoms with Gasteiger partial charge in [-0.25, -0.2) is 9.36 Å². The maximum Gasteiger partial charge on any atom is 0.470 e. The normalized spacial score (nSPS) is 24.1. The van der Waals surface area contributed by atoms with Crippen molar-refractivity contribution in [3.8, 4) is 0 Å². The second kappa shape index (κ2) is 6.43. The summed E-state index contributed by atoms with van der Waals surface area (Å²) in [7, 11) is -5.09. The van der Waals surface area contributed by atoms with Crippen molar-refractivity contribution < 1.29 is 47.8 Å². The quantitative estimate of drug-likeness (QED) is 0.319. The number of phosphoric acid groups is 1. The Morgan fingerprint density at radius 1 is 1.36 bits per heavy atom. The molecular formula is C11H17O10P. The molecule has 11 heteroatoms. The first-order chi connectivity index (χ1) is 9.83. The molecule has 1 rings (SSSR count). The number of esters is 2. The van der Waals surface area contributed by atoms with Crippen molar-refractivity contribution in [2.75, 3.05) is 6.61 Å². The number of ketones is 1. The molecule has 22 heavy (non-hydrogen) atoms. The highest BCUT2D eigenvalue weighted by Gasteiger charge is 2.51. The zero-order valence-electron chi connectivity index (χ0n) is 12.1. The van der Waals surface area contributed by atoms with E-state index in [0.717, 1.165) is 0 Å². The van der Waals surface area contributed by atoms with E-state index in [1.807, 2.05) is 0 Å². The van der Waals surface area contributed by atoms with E-state index in [0.29, 0.717) is 0 Å². The highest BCUT2D eigenvalue weighted by Crippen LogP contribution is 2.40. The Labute approximate surface area is 125 Å². The molecule has 0 aromatic carbocycles. The van der Waals surface area contributed by atoms with E-state index in [2.05, 4.69) is 9.26 Å². The van der Waals surface area contributed by atoms with Crippen molar-refractivity contribution in [3.63, 3.8) is 0 Å². The topological polar surface area (TPSA) is 157 Å². The van der Waals surface area contributed by atoms with Crippen molar-refractivity contribution in [2.24, 2.45) is 5.41 Å². The van der Waals surface area contributed by atoms with E-state index in [4.69, 9.17) is 14.5 Å². The summed E-state index contributed by atoms with van der Waals surface area (Å²) in [5, 5.41) is 9.83. The molecule has 0 radical (unpaired) electrons. The highest BCUT2D eigenvalue weighted by atomic mass is 31.2. The molecular weight excluding hydrogens is 323 g/mol. The van der Waals surface area contributed by atoms with Crippen LogP contribution in [0.1, 0.15) is 20.8 Å². The smallest absolute Gasteiger partial charge is 0.462 e. The lowest BCUT2D eigenvalue weighted by molar-refractivity contribution is -0.162. The van der Waals surface area contributed by atoms with Crippen LogP contribution in [-0.2, 0) is 32.9 Å². The number of aliphatic hydroxyl groups is 1. The Morgan fingerprint density at radius 2 is 1.91 bits per heavy atom. The first kappa shape index (κ1) is 18.7. The van der Waals surface area contributed by atoms with E-state index in [-0.39, 0.29) is 0 Å². The molecule has 0 aromatic rings. The van der Waals surface area contributed by atoms with Crippen LogP contribution < -0.4 is 0 Å². The van der Waals surface area contributed by atoms with Gasteiger partial charge in [0.25, 0.3) is 5.78 Å². The number of phosphoric ester groups is 1. The van der Waals surface area contributed by atoms with Gasteiger partial charge in [0.2, 0.25) is 0 Å². The first-order valence-electron chi connectivity index (χ1n) is 6.17. The number of carbonyl (C=O) groups excluding carboxylic acids is 3. The number of cyclic esters (lactones) is 1. The third kappa shape index (κ3) is 4.85. The molecule has 3 N–H and O–H groups in total. The number of aliphatic hydroxyl groups excluding tert-OH is 1. The molecule has 3 atom stereocenters. The van der Waals surface area contributed by atoms with Gasteiger partial charge >= 0.3 is 19.8 Å². The molecule has 1 aliphatic heterocycles. The predicted molar refractivity (Wildman–Crippen MR) is 68.2 cm³/mol. The standard InChI is InChI=1S/C11H17O10P/c1-11(2,3)10(15)19-4-5(12)7-8(21-22(16,17)18)6(13)9(14)20-7/h5,7-8,12H,4H2,1-3H3,(H2,16,17,18)/t5-,7+,8?/m0/s1. The fourth-order valence-electron chi connectivity index (χ4n) is 1.52. The van der Waals surface area contributed by atoms with E-state index in [9.17, 15) is 24.1 Å². The zero-order valence-corrected chi connectivity index (χ0v) is 13.0. The van der Waals surface area contributed by atoms with E-state index in [1.54, 1.807) is 20.8 Å². The molecule has 0 saturated carbocycles. The van der Waals surface area contributed by atoms with Crippen molar-refractivity contribution in [1.82, 2.24) is 0 Å². The summed E-state index contributed by atoms with van der Waals surface area (Å²) >= 11 is 0. The van der Waals surface area contributed by atoms with Crippen LogP contribution in [0.3, 0.4) is 0 Å². The van der Waals surface area contributed by atoms with Crippen LogP contribution in [0.25, 0.3) is 0 Å². The van der Waals surface area contributed by atoms with Crippen LogP contribution in [0, 0.1) is 5.41 Å². The molecule has 1 fully saturated rings. The monoisotopic (exact) mass is 340 g/mol. The molecule has 0 aromatic heterocycles. The molecule has 1 unspecified atom stereocenters. The van der Waals surface area contributed by atoms with E-state index >= 15 is 0 Å². The second-order valence-corrected chi connectivity index (χ2v) is 6.86. The van der Waals surface area contributed by atoms with Gasteiger partial charge in [-0.15, -0.1) is 0 Å². The molecule has 126 valence electrons. The summed E-state index contributed by atoms with van der Waals surface area (Å²) in [5.74, 6) is -3.39. The number of carbonyl (C=O) groups is 3. The summed E-state index contributed by atoms with van der Waals surface area (Å²) in [4.78, 5) is 51.6. The van der Waals surface area contributed by atoms with Crippen LogP contribution in [0.2, 0.25) is 0 Å².